The maximum absolute atomic E-state index is 11.3. The zero-order chi connectivity index (χ0) is 12.7. The summed E-state index contributed by atoms with van der Waals surface area (Å²) in [6.07, 6.45) is 7.75. The van der Waals surface area contributed by atoms with Crippen molar-refractivity contribution in [3.05, 3.63) is 12.2 Å². The van der Waals surface area contributed by atoms with E-state index in [2.05, 4.69) is 6.58 Å². The van der Waals surface area contributed by atoms with Crippen molar-refractivity contribution < 1.29 is 14.6 Å². The van der Waals surface area contributed by atoms with Gasteiger partial charge in [0.05, 0.1) is 6.61 Å². The molecule has 3 nitrogen and oxygen atoms in total. The molecule has 0 aromatic carbocycles. The number of carbonyl (C=O) groups excluding carboxylic acids is 1. The lowest BCUT2D eigenvalue weighted by atomic mass is 9.70. The first-order valence-electron chi connectivity index (χ1n) is 6.53. The van der Waals surface area contributed by atoms with E-state index in [1.807, 2.05) is 0 Å². The maximum atomic E-state index is 11.3. The Balaban J connectivity index is 2.39. The minimum Gasteiger partial charge on any atom is -0.462 e. The molecule has 1 fully saturated rings. The Bertz CT molecular complexity index is 259. The summed E-state index contributed by atoms with van der Waals surface area (Å²) in [5.74, 6) is -0.306. The molecule has 0 aliphatic heterocycles. The molecule has 0 amide bonds. The molecule has 0 aromatic heterocycles. The summed E-state index contributed by atoms with van der Waals surface area (Å²) in [4.78, 5) is 11.3. The van der Waals surface area contributed by atoms with Crippen molar-refractivity contribution in [2.24, 2.45) is 5.41 Å². The Morgan fingerprint density at radius 3 is 2.47 bits per heavy atom. The Morgan fingerprint density at radius 1 is 1.29 bits per heavy atom. The smallest absolute Gasteiger partial charge is 0.333 e. The van der Waals surface area contributed by atoms with Gasteiger partial charge in [0.15, 0.2) is 0 Å². The predicted molar refractivity (Wildman–Crippen MR) is 67.6 cm³/mol. The van der Waals surface area contributed by atoms with Crippen LogP contribution in [-0.2, 0) is 9.53 Å². The van der Waals surface area contributed by atoms with Crippen LogP contribution in [0.4, 0.5) is 0 Å². The first kappa shape index (κ1) is 14.2. The van der Waals surface area contributed by atoms with Crippen LogP contribution in [0.5, 0.6) is 0 Å². The summed E-state index contributed by atoms with van der Waals surface area (Å²) in [5.41, 5.74) is 0.646. The molecule has 1 aliphatic rings. The van der Waals surface area contributed by atoms with Gasteiger partial charge in [0.1, 0.15) is 0 Å². The van der Waals surface area contributed by atoms with Crippen LogP contribution in [0.25, 0.3) is 0 Å². The SMILES string of the molecule is C=C(C)C(=O)OCCC1(CCO)CCCCC1. The van der Waals surface area contributed by atoms with Gasteiger partial charge in [-0.25, -0.2) is 4.79 Å². The van der Waals surface area contributed by atoms with E-state index in [1.165, 1.54) is 19.3 Å². The average molecular weight is 240 g/mol. The third kappa shape index (κ3) is 4.50. The van der Waals surface area contributed by atoms with E-state index in [9.17, 15) is 4.79 Å². The highest BCUT2D eigenvalue weighted by molar-refractivity contribution is 5.86. The lowest BCUT2D eigenvalue weighted by Crippen LogP contribution is -2.27. The zero-order valence-corrected chi connectivity index (χ0v) is 10.8. The number of carbonyl (C=O) groups is 1. The van der Waals surface area contributed by atoms with Crippen LogP contribution >= 0.6 is 0 Å². The van der Waals surface area contributed by atoms with E-state index < -0.39 is 0 Å². The van der Waals surface area contributed by atoms with Crippen LogP contribution in [0.2, 0.25) is 0 Å². The molecule has 0 spiro atoms. The predicted octanol–water partition coefficient (Wildman–Crippen LogP) is 2.83. The number of ether oxygens (including phenoxy) is 1. The van der Waals surface area contributed by atoms with E-state index >= 15 is 0 Å². The third-order valence-electron chi connectivity index (χ3n) is 3.77. The van der Waals surface area contributed by atoms with Gasteiger partial charge in [0.2, 0.25) is 0 Å². The molecule has 1 saturated carbocycles. The lowest BCUT2D eigenvalue weighted by molar-refractivity contribution is -0.140. The van der Waals surface area contributed by atoms with Crippen molar-refractivity contribution in [2.45, 2.75) is 51.9 Å². The summed E-state index contributed by atoms with van der Waals surface area (Å²) in [5, 5.41) is 9.16. The first-order chi connectivity index (χ1) is 8.09. The van der Waals surface area contributed by atoms with Crippen molar-refractivity contribution in [2.75, 3.05) is 13.2 Å². The van der Waals surface area contributed by atoms with Crippen LogP contribution in [-0.4, -0.2) is 24.3 Å². The van der Waals surface area contributed by atoms with E-state index in [4.69, 9.17) is 9.84 Å². The second-order valence-corrected chi connectivity index (χ2v) is 5.20. The number of aliphatic hydroxyl groups is 1. The zero-order valence-electron chi connectivity index (χ0n) is 10.8. The Labute approximate surface area is 104 Å². The molecule has 3 heteroatoms. The second kappa shape index (κ2) is 6.80. The van der Waals surface area contributed by atoms with Crippen LogP contribution in [0.1, 0.15) is 51.9 Å². The summed E-state index contributed by atoms with van der Waals surface area (Å²) in [6.45, 7) is 5.90. The molecule has 98 valence electrons. The van der Waals surface area contributed by atoms with Gasteiger partial charge in [-0.1, -0.05) is 25.8 Å². The molecule has 0 heterocycles. The van der Waals surface area contributed by atoms with Crippen molar-refractivity contribution in [3.63, 3.8) is 0 Å². The van der Waals surface area contributed by atoms with Crippen LogP contribution in [0.15, 0.2) is 12.2 Å². The number of rotatable bonds is 6. The van der Waals surface area contributed by atoms with Gasteiger partial charge in [-0.3, -0.25) is 0 Å². The van der Waals surface area contributed by atoms with E-state index in [0.29, 0.717) is 12.2 Å². The molecule has 0 radical (unpaired) electrons. The van der Waals surface area contributed by atoms with Crippen molar-refractivity contribution >= 4 is 5.97 Å². The second-order valence-electron chi connectivity index (χ2n) is 5.20. The fraction of sp³-hybridized carbons (Fsp3) is 0.786. The summed E-state index contributed by atoms with van der Waals surface area (Å²) in [6, 6.07) is 0. The van der Waals surface area contributed by atoms with Gasteiger partial charge in [-0.15, -0.1) is 0 Å². The normalized spacial score (nSPS) is 18.7. The molecule has 0 saturated heterocycles. The van der Waals surface area contributed by atoms with E-state index in [1.54, 1.807) is 6.92 Å². The number of hydrogen-bond donors (Lipinski definition) is 1. The summed E-state index contributed by atoms with van der Waals surface area (Å²) >= 11 is 0. The fourth-order valence-corrected chi connectivity index (χ4v) is 2.65. The number of aliphatic hydroxyl groups excluding tert-OH is 1. The van der Waals surface area contributed by atoms with E-state index in [0.717, 1.165) is 25.7 Å². The maximum Gasteiger partial charge on any atom is 0.333 e. The first-order valence-corrected chi connectivity index (χ1v) is 6.53. The molecular weight excluding hydrogens is 216 g/mol. The van der Waals surface area contributed by atoms with Crippen molar-refractivity contribution in [1.29, 1.82) is 0 Å². The summed E-state index contributed by atoms with van der Waals surface area (Å²) in [7, 11) is 0. The Hall–Kier alpha value is -0.830. The van der Waals surface area contributed by atoms with Gasteiger partial charge >= 0.3 is 5.97 Å². The molecule has 0 aromatic rings. The highest BCUT2D eigenvalue weighted by Crippen LogP contribution is 2.42. The molecule has 0 bridgehead atoms. The molecule has 1 aliphatic carbocycles. The molecule has 0 atom stereocenters. The van der Waals surface area contributed by atoms with Gasteiger partial charge in [0, 0.05) is 12.2 Å². The minimum atomic E-state index is -0.306. The van der Waals surface area contributed by atoms with E-state index in [-0.39, 0.29) is 18.0 Å². The Morgan fingerprint density at radius 2 is 1.94 bits per heavy atom. The average Bonchev–Trinajstić information content (AvgIpc) is 2.30. The van der Waals surface area contributed by atoms with Crippen LogP contribution in [0.3, 0.4) is 0 Å². The lowest BCUT2D eigenvalue weighted by Gasteiger charge is -2.36. The standard InChI is InChI=1S/C14H24O3/c1-12(2)13(16)17-11-9-14(8-10-15)6-4-3-5-7-14/h15H,1,3-11H2,2H3. The topological polar surface area (TPSA) is 46.5 Å². The minimum absolute atomic E-state index is 0.197. The van der Waals surface area contributed by atoms with Crippen LogP contribution < -0.4 is 0 Å². The van der Waals surface area contributed by atoms with Gasteiger partial charge in [-0.05, 0) is 38.0 Å². The van der Waals surface area contributed by atoms with Gasteiger partial charge in [-0.2, -0.15) is 0 Å². The quantitative estimate of drug-likeness (QED) is 0.573. The Kier molecular flexibility index (Phi) is 5.69. The molecular formula is C14H24O3. The van der Waals surface area contributed by atoms with Gasteiger partial charge in [0.25, 0.3) is 0 Å². The third-order valence-corrected chi connectivity index (χ3v) is 3.77. The molecule has 0 unspecified atom stereocenters. The van der Waals surface area contributed by atoms with Gasteiger partial charge < -0.3 is 9.84 Å². The van der Waals surface area contributed by atoms with Crippen molar-refractivity contribution in [3.8, 4) is 0 Å². The summed E-state index contributed by atoms with van der Waals surface area (Å²) < 4.78 is 5.16. The van der Waals surface area contributed by atoms with Crippen molar-refractivity contribution in [1.82, 2.24) is 0 Å². The van der Waals surface area contributed by atoms with Crippen LogP contribution in [0, 0.1) is 5.41 Å². The number of hydrogen-bond acceptors (Lipinski definition) is 3. The highest BCUT2D eigenvalue weighted by atomic mass is 16.5. The molecule has 1 N–H and O–H groups in total. The fourth-order valence-electron chi connectivity index (χ4n) is 2.65. The molecule has 17 heavy (non-hydrogen) atoms. The highest BCUT2D eigenvalue weighted by Gasteiger charge is 2.31. The monoisotopic (exact) mass is 240 g/mol. The number of esters is 1. The molecule has 1 rings (SSSR count). The largest absolute Gasteiger partial charge is 0.462 e.